The minimum atomic E-state index is -1.01. The fourth-order valence-electron chi connectivity index (χ4n) is 1.71. The molecule has 1 aliphatic carbocycles. The topological polar surface area (TPSA) is 75.6 Å². The summed E-state index contributed by atoms with van der Waals surface area (Å²) in [6.07, 6.45) is 0.422. The molecular weight excluding hydrogens is 210 g/mol. The lowest BCUT2D eigenvalue weighted by atomic mass is 9.75. The Kier molecular flexibility index (Phi) is 3.78. The summed E-state index contributed by atoms with van der Waals surface area (Å²) in [5.41, 5.74) is -0.443. The fraction of sp³-hybridized carbons (Fsp3) is 0.818. The number of hydrogen-bond acceptors (Lipinski definition) is 3. The summed E-state index contributed by atoms with van der Waals surface area (Å²) in [6, 6.07) is 0. The first-order valence-electron chi connectivity index (χ1n) is 5.47. The van der Waals surface area contributed by atoms with E-state index in [-0.39, 0.29) is 17.8 Å². The van der Waals surface area contributed by atoms with Gasteiger partial charge in [0.2, 0.25) is 0 Å². The first-order valence-corrected chi connectivity index (χ1v) is 5.47. The Hall–Kier alpha value is -1.26. The van der Waals surface area contributed by atoms with Crippen LogP contribution in [0.5, 0.6) is 0 Å². The number of carboxylic acid groups (broad SMARTS) is 1. The van der Waals surface area contributed by atoms with E-state index in [0.717, 1.165) is 12.8 Å². The Balaban J connectivity index is 2.20. The van der Waals surface area contributed by atoms with Crippen molar-refractivity contribution in [2.24, 2.45) is 11.8 Å². The predicted octanol–water partition coefficient (Wildman–Crippen LogP) is 1.62. The molecule has 0 aromatic carbocycles. The Labute approximate surface area is 95.2 Å². The molecule has 0 saturated heterocycles. The molecule has 0 heterocycles. The van der Waals surface area contributed by atoms with Crippen LogP contribution in [-0.2, 0) is 9.53 Å². The van der Waals surface area contributed by atoms with Crippen molar-refractivity contribution in [1.82, 2.24) is 5.32 Å². The van der Waals surface area contributed by atoms with Crippen LogP contribution in [0, 0.1) is 11.8 Å². The number of nitrogens with one attached hydrogen (secondary N) is 1. The van der Waals surface area contributed by atoms with Crippen molar-refractivity contribution in [1.29, 1.82) is 0 Å². The van der Waals surface area contributed by atoms with Gasteiger partial charge in [-0.1, -0.05) is 0 Å². The predicted molar refractivity (Wildman–Crippen MR) is 58.1 cm³/mol. The third kappa shape index (κ3) is 4.08. The van der Waals surface area contributed by atoms with E-state index < -0.39 is 11.7 Å². The van der Waals surface area contributed by atoms with Gasteiger partial charge in [-0.2, -0.15) is 0 Å². The number of carbonyl (C=O) groups excluding carboxylic acids is 1. The number of ether oxygens (including phenoxy) is 1. The SMILES string of the molecule is CC(C)(C)OC(=O)C1CC(CNC(=O)O)C1. The van der Waals surface area contributed by atoms with Gasteiger partial charge in [-0.05, 0) is 39.5 Å². The summed E-state index contributed by atoms with van der Waals surface area (Å²) >= 11 is 0. The summed E-state index contributed by atoms with van der Waals surface area (Å²) < 4.78 is 5.24. The maximum Gasteiger partial charge on any atom is 0.404 e. The third-order valence-corrected chi connectivity index (χ3v) is 2.52. The Morgan fingerprint density at radius 3 is 2.38 bits per heavy atom. The molecule has 1 fully saturated rings. The van der Waals surface area contributed by atoms with Gasteiger partial charge in [-0.3, -0.25) is 4.79 Å². The Bertz CT molecular complexity index is 276. The number of esters is 1. The molecule has 0 aliphatic heterocycles. The lowest BCUT2D eigenvalue weighted by Crippen LogP contribution is -2.40. The Morgan fingerprint density at radius 2 is 1.94 bits per heavy atom. The van der Waals surface area contributed by atoms with Crippen LogP contribution in [0.4, 0.5) is 4.79 Å². The third-order valence-electron chi connectivity index (χ3n) is 2.52. The zero-order chi connectivity index (χ0) is 12.3. The van der Waals surface area contributed by atoms with E-state index in [9.17, 15) is 9.59 Å². The van der Waals surface area contributed by atoms with Crippen LogP contribution in [0.15, 0.2) is 0 Å². The average Bonchev–Trinajstić information content (AvgIpc) is 1.96. The van der Waals surface area contributed by atoms with Crippen molar-refractivity contribution >= 4 is 12.1 Å². The van der Waals surface area contributed by atoms with Gasteiger partial charge in [-0.25, -0.2) is 4.79 Å². The monoisotopic (exact) mass is 229 g/mol. The van der Waals surface area contributed by atoms with Gasteiger partial charge in [0.25, 0.3) is 0 Å². The van der Waals surface area contributed by atoms with Crippen LogP contribution in [0.1, 0.15) is 33.6 Å². The van der Waals surface area contributed by atoms with E-state index >= 15 is 0 Å². The molecule has 1 rings (SSSR count). The van der Waals surface area contributed by atoms with Gasteiger partial charge in [0, 0.05) is 6.54 Å². The molecular formula is C11H19NO4. The largest absolute Gasteiger partial charge is 0.465 e. The van der Waals surface area contributed by atoms with Gasteiger partial charge >= 0.3 is 12.1 Å². The molecule has 0 radical (unpaired) electrons. The van der Waals surface area contributed by atoms with Crippen LogP contribution < -0.4 is 5.32 Å². The fourth-order valence-corrected chi connectivity index (χ4v) is 1.71. The first kappa shape index (κ1) is 12.8. The summed E-state index contributed by atoms with van der Waals surface area (Å²) in [5.74, 6) is 0.0486. The quantitative estimate of drug-likeness (QED) is 0.721. The highest BCUT2D eigenvalue weighted by Gasteiger charge is 2.37. The highest BCUT2D eigenvalue weighted by Crippen LogP contribution is 2.34. The van der Waals surface area contributed by atoms with E-state index in [1.165, 1.54) is 0 Å². The Morgan fingerprint density at radius 1 is 1.38 bits per heavy atom. The second kappa shape index (κ2) is 4.72. The van der Waals surface area contributed by atoms with E-state index in [1.54, 1.807) is 0 Å². The zero-order valence-corrected chi connectivity index (χ0v) is 9.95. The molecule has 0 unspecified atom stereocenters. The molecule has 2 N–H and O–H groups in total. The van der Waals surface area contributed by atoms with Gasteiger partial charge in [0.15, 0.2) is 0 Å². The standard InChI is InChI=1S/C11H19NO4/c1-11(2,3)16-9(13)8-4-7(5-8)6-12-10(14)15/h7-8,12H,4-6H2,1-3H3,(H,14,15). The molecule has 92 valence electrons. The lowest BCUT2D eigenvalue weighted by molar-refractivity contribution is -0.164. The molecule has 16 heavy (non-hydrogen) atoms. The van der Waals surface area contributed by atoms with Gasteiger partial charge in [0.1, 0.15) is 5.60 Å². The smallest absolute Gasteiger partial charge is 0.404 e. The maximum absolute atomic E-state index is 11.6. The number of amides is 1. The summed E-state index contributed by atoms with van der Waals surface area (Å²) in [4.78, 5) is 21.8. The normalized spacial score (nSPS) is 24.4. The molecule has 0 atom stereocenters. The van der Waals surface area contributed by atoms with Crippen LogP contribution in [0.25, 0.3) is 0 Å². The van der Waals surface area contributed by atoms with Crippen LogP contribution in [-0.4, -0.2) is 29.3 Å². The number of rotatable bonds is 3. The second-order valence-corrected chi connectivity index (χ2v) is 5.25. The van der Waals surface area contributed by atoms with Crippen molar-refractivity contribution in [3.8, 4) is 0 Å². The molecule has 1 saturated carbocycles. The maximum atomic E-state index is 11.6. The van der Waals surface area contributed by atoms with Crippen molar-refractivity contribution in [2.75, 3.05) is 6.54 Å². The van der Waals surface area contributed by atoms with Gasteiger partial charge < -0.3 is 15.2 Å². The average molecular weight is 229 g/mol. The highest BCUT2D eigenvalue weighted by molar-refractivity contribution is 5.74. The van der Waals surface area contributed by atoms with Crippen molar-refractivity contribution in [3.63, 3.8) is 0 Å². The number of hydrogen-bond donors (Lipinski definition) is 2. The van der Waals surface area contributed by atoms with E-state index in [0.29, 0.717) is 6.54 Å². The molecule has 5 nitrogen and oxygen atoms in total. The van der Waals surface area contributed by atoms with Gasteiger partial charge in [0.05, 0.1) is 5.92 Å². The van der Waals surface area contributed by atoms with Crippen LogP contribution in [0.2, 0.25) is 0 Å². The summed E-state index contributed by atoms with van der Waals surface area (Å²) in [6.45, 7) is 5.95. The van der Waals surface area contributed by atoms with Crippen LogP contribution >= 0.6 is 0 Å². The molecule has 0 spiro atoms. The van der Waals surface area contributed by atoms with E-state index in [2.05, 4.69) is 5.32 Å². The van der Waals surface area contributed by atoms with Crippen LogP contribution in [0.3, 0.4) is 0 Å². The minimum Gasteiger partial charge on any atom is -0.465 e. The van der Waals surface area contributed by atoms with Crippen molar-refractivity contribution < 1.29 is 19.4 Å². The molecule has 5 heteroatoms. The molecule has 0 aromatic heterocycles. The molecule has 0 aromatic rings. The van der Waals surface area contributed by atoms with Gasteiger partial charge in [-0.15, -0.1) is 0 Å². The van der Waals surface area contributed by atoms with Crippen molar-refractivity contribution in [3.05, 3.63) is 0 Å². The highest BCUT2D eigenvalue weighted by atomic mass is 16.6. The molecule has 1 amide bonds. The first-order chi connectivity index (χ1) is 7.28. The second-order valence-electron chi connectivity index (χ2n) is 5.25. The zero-order valence-electron chi connectivity index (χ0n) is 9.95. The number of carbonyl (C=O) groups is 2. The van der Waals surface area contributed by atoms with E-state index in [1.807, 2.05) is 20.8 Å². The summed E-state index contributed by atoms with van der Waals surface area (Å²) in [5, 5.41) is 10.7. The molecule has 0 bridgehead atoms. The molecule has 1 aliphatic rings. The minimum absolute atomic E-state index is 0.0557. The van der Waals surface area contributed by atoms with Crippen molar-refractivity contribution in [2.45, 2.75) is 39.2 Å². The summed E-state index contributed by atoms with van der Waals surface area (Å²) in [7, 11) is 0. The lowest BCUT2D eigenvalue weighted by Gasteiger charge is -2.35. The van der Waals surface area contributed by atoms with E-state index in [4.69, 9.17) is 9.84 Å².